The second-order valence-electron chi connectivity index (χ2n) is 2.71. The van der Waals surface area contributed by atoms with E-state index < -0.39 is 0 Å². The van der Waals surface area contributed by atoms with Crippen molar-refractivity contribution >= 4 is 0 Å². The quantitative estimate of drug-likeness (QED) is 0.512. The minimum absolute atomic E-state index is 0.349. The minimum atomic E-state index is -0.349. The van der Waals surface area contributed by atoms with Gasteiger partial charge in [0.1, 0.15) is 0 Å². The number of nitrogens with zero attached hydrogens (tertiary/aromatic N) is 1. The molecule has 1 aromatic rings. The lowest BCUT2D eigenvalue weighted by atomic mass is 9.93. The number of aryl methyl sites for hydroxylation is 1. The molecule has 0 N–H and O–H groups in total. The number of aromatic nitrogens is 1. The molecule has 0 saturated heterocycles. The van der Waals surface area contributed by atoms with Crippen LogP contribution in [0.15, 0.2) is 6.07 Å². The Kier molecular flexibility index (Phi) is 1.60. The molecular formula is C9H8FN. The topological polar surface area (TPSA) is 12.9 Å². The summed E-state index contributed by atoms with van der Waals surface area (Å²) in [5, 5.41) is 0. The van der Waals surface area contributed by atoms with Gasteiger partial charge in [-0.05, 0) is 37.3 Å². The number of hydrogen-bond acceptors (Lipinski definition) is 1. The maximum atomic E-state index is 12.9. The van der Waals surface area contributed by atoms with Crippen LogP contribution in [0.3, 0.4) is 0 Å². The molecule has 1 heterocycles. The molecule has 0 unspecified atom stereocenters. The van der Waals surface area contributed by atoms with Gasteiger partial charge in [-0.25, -0.2) is 4.98 Å². The summed E-state index contributed by atoms with van der Waals surface area (Å²) < 4.78 is 12.9. The summed E-state index contributed by atoms with van der Waals surface area (Å²) in [6, 6.07) is 1.78. The summed E-state index contributed by atoms with van der Waals surface area (Å²) in [6.45, 7) is 0. The molecule has 2 rings (SSSR count). The third-order valence-electron chi connectivity index (χ3n) is 2.00. The molecule has 11 heavy (non-hydrogen) atoms. The summed E-state index contributed by atoms with van der Waals surface area (Å²) in [7, 11) is 0. The predicted molar refractivity (Wildman–Crippen MR) is 39.4 cm³/mol. The highest BCUT2D eigenvalue weighted by Gasteiger charge is 2.13. The Labute approximate surface area is 65.3 Å². The van der Waals surface area contributed by atoms with Crippen molar-refractivity contribution in [2.75, 3.05) is 0 Å². The normalized spacial score (nSPS) is 16.1. The van der Waals surface area contributed by atoms with E-state index in [-0.39, 0.29) is 5.95 Å². The highest BCUT2D eigenvalue weighted by atomic mass is 19.1. The molecular weight excluding hydrogens is 141 g/mol. The first-order valence-electron chi connectivity index (χ1n) is 3.74. The molecule has 2 radical (unpaired) electrons. The first-order chi connectivity index (χ1) is 5.38. The molecule has 0 aromatic carbocycles. The van der Waals surface area contributed by atoms with Crippen molar-refractivity contribution < 1.29 is 4.39 Å². The fourth-order valence-corrected chi connectivity index (χ4v) is 1.40. The fourth-order valence-electron chi connectivity index (χ4n) is 1.40. The lowest BCUT2D eigenvalue weighted by Gasteiger charge is -2.13. The minimum Gasteiger partial charge on any atom is -0.218 e. The van der Waals surface area contributed by atoms with Gasteiger partial charge >= 0.3 is 0 Å². The van der Waals surface area contributed by atoms with Crippen molar-refractivity contribution in [2.45, 2.75) is 19.3 Å². The molecule has 56 valence electrons. The molecule has 0 aliphatic heterocycles. The number of pyridine rings is 1. The summed E-state index contributed by atoms with van der Waals surface area (Å²) in [4.78, 5) is 3.48. The van der Waals surface area contributed by atoms with Gasteiger partial charge in [0.2, 0.25) is 5.95 Å². The molecule has 1 aliphatic carbocycles. The zero-order valence-corrected chi connectivity index (χ0v) is 6.10. The van der Waals surface area contributed by atoms with E-state index >= 15 is 0 Å². The SMILES string of the molecule is Fc1n[c]cc2c1C[CH]CC2. The Bertz CT molecular complexity index is 270. The van der Waals surface area contributed by atoms with Crippen LogP contribution in [-0.4, -0.2) is 4.98 Å². The second kappa shape index (κ2) is 2.61. The summed E-state index contributed by atoms with van der Waals surface area (Å²) >= 11 is 0. The van der Waals surface area contributed by atoms with E-state index in [9.17, 15) is 4.39 Å². The Morgan fingerprint density at radius 3 is 3.27 bits per heavy atom. The third-order valence-corrected chi connectivity index (χ3v) is 2.00. The van der Waals surface area contributed by atoms with Crippen LogP contribution in [0.5, 0.6) is 0 Å². The zero-order valence-electron chi connectivity index (χ0n) is 6.10. The van der Waals surface area contributed by atoms with Crippen molar-refractivity contribution in [3.05, 3.63) is 35.8 Å². The van der Waals surface area contributed by atoms with Crippen LogP contribution in [0.1, 0.15) is 17.5 Å². The van der Waals surface area contributed by atoms with E-state index in [0.29, 0.717) is 0 Å². The van der Waals surface area contributed by atoms with E-state index in [1.54, 1.807) is 6.07 Å². The molecule has 0 bridgehead atoms. The lowest BCUT2D eigenvalue weighted by Crippen LogP contribution is -2.06. The van der Waals surface area contributed by atoms with Crippen LogP contribution in [0.4, 0.5) is 4.39 Å². The van der Waals surface area contributed by atoms with Gasteiger partial charge in [0, 0.05) is 5.56 Å². The lowest BCUT2D eigenvalue weighted by molar-refractivity contribution is 0.558. The summed E-state index contributed by atoms with van der Waals surface area (Å²) in [6.07, 6.45) is 7.35. The van der Waals surface area contributed by atoms with Crippen molar-refractivity contribution in [3.8, 4) is 0 Å². The maximum absolute atomic E-state index is 12.9. The van der Waals surface area contributed by atoms with E-state index in [1.165, 1.54) is 0 Å². The average molecular weight is 149 g/mol. The van der Waals surface area contributed by atoms with Gasteiger partial charge in [-0.15, -0.1) is 0 Å². The van der Waals surface area contributed by atoms with E-state index in [0.717, 1.165) is 30.4 Å². The van der Waals surface area contributed by atoms with Crippen molar-refractivity contribution in [1.82, 2.24) is 4.98 Å². The van der Waals surface area contributed by atoms with Gasteiger partial charge in [0.15, 0.2) is 0 Å². The van der Waals surface area contributed by atoms with Crippen LogP contribution in [-0.2, 0) is 12.8 Å². The molecule has 1 aromatic heterocycles. The van der Waals surface area contributed by atoms with Gasteiger partial charge < -0.3 is 0 Å². The number of rotatable bonds is 0. The number of halogens is 1. The molecule has 1 nitrogen and oxygen atoms in total. The Morgan fingerprint density at radius 2 is 2.45 bits per heavy atom. The predicted octanol–water partition coefficient (Wildman–Crippen LogP) is 1.71. The molecule has 0 atom stereocenters. The highest BCUT2D eigenvalue weighted by Crippen LogP contribution is 2.20. The van der Waals surface area contributed by atoms with Gasteiger partial charge in [-0.1, -0.05) is 0 Å². The number of fused-ring (bicyclic) bond motifs is 1. The van der Waals surface area contributed by atoms with Gasteiger partial charge in [0.05, 0.1) is 6.20 Å². The van der Waals surface area contributed by atoms with Crippen molar-refractivity contribution in [1.29, 1.82) is 0 Å². The Morgan fingerprint density at radius 1 is 1.55 bits per heavy atom. The summed E-state index contributed by atoms with van der Waals surface area (Å²) in [5.74, 6) is -0.349. The molecule has 0 fully saturated rings. The third kappa shape index (κ3) is 1.13. The van der Waals surface area contributed by atoms with E-state index in [2.05, 4.69) is 17.6 Å². The largest absolute Gasteiger partial charge is 0.218 e. The first kappa shape index (κ1) is 6.77. The van der Waals surface area contributed by atoms with Crippen LogP contribution in [0, 0.1) is 18.6 Å². The monoisotopic (exact) mass is 149 g/mol. The average Bonchev–Trinajstić information content (AvgIpc) is 2.06. The van der Waals surface area contributed by atoms with E-state index in [4.69, 9.17) is 0 Å². The van der Waals surface area contributed by atoms with Gasteiger partial charge in [-0.2, -0.15) is 4.39 Å². The molecule has 1 aliphatic rings. The highest BCUT2D eigenvalue weighted by molar-refractivity contribution is 5.28. The Balaban J connectivity index is 2.49. The molecule has 0 saturated carbocycles. The van der Waals surface area contributed by atoms with Gasteiger partial charge in [-0.3, -0.25) is 0 Å². The van der Waals surface area contributed by atoms with Crippen LogP contribution in [0.25, 0.3) is 0 Å². The van der Waals surface area contributed by atoms with E-state index in [1.807, 2.05) is 0 Å². The molecule has 2 heteroatoms. The smallest absolute Gasteiger partial charge is 0.216 e. The molecule has 0 spiro atoms. The number of hydrogen-bond donors (Lipinski definition) is 0. The van der Waals surface area contributed by atoms with Crippen LogP contribution < -0.4 is 0 Å². The van der Waals surface area contributed by atoms with Gasteiger partial charge in [0.25, 0.3) is 0 Å². The van der Waals surface area contributed by atoms with Crippen LogP contribution in [0.2, 0.25) is 0 Å². The zero-order chi connectivity index (χ0) is 7.68. The maximum Gasteiger partial charge on any atom is 0.216 e. The standard InChI is InChI=1S/C9H8FN/c10-9-8-4-2-1-3-7(8)5-6-11-9/h2,5H,1,3-4H2. The molecule has 0 amide bonds. The fraction of sp³-hybridized carbons (Fsp3) is 0.333. The first-order valence-corrected chi connectivity index (χ1v) is 3.74. The summed E-state index contributed by atoms with van der Waals surface area (Å²) in [5.41, 5.74) is 1.83. The Hall–Kier alpha value is -0.920. The van der Waals surface area contributed by atoms with Crippen LogP contribution >= 0.6 is 0 Å². The van der Waals surface area contributed by atoms with Crippen molar-refractivity contribution in [3.63, 3.8) is 0 Å². The van der Waals surface area contributed by atoms with Crippen molar-refractivity contribution in [2.24, 2.45) is 0 Å². The second-order valence-corrected chi connectivity index (χ2v) is 2.71.